The summed E-state index contributed by atoms with van der Waals surface area (Å²) < 4.78 is 0. The van der Waals surface area contributed by atoms with E-state index in [9.17, 15) is 4.79 Å². The van der Waals surface area contributed by atoms with E-state index in [1.165, 1.54) is 24.1 Å². The number of thiazole rings is 1. The van der Waals surface area contributed by atoms with E-state index in [1.807, 2.05) is 4.90 Å². The lowest BCUT2D eigenvalue weighted by Gasteiger charge is -2.25. The molecule has 2 saturated heterocycles. The van der Waals surface area contributed by atoms with Crippen LogP contribution < -0.4 is 10.2 Å². The van der Waals surface area contributed by atoms with Gasteiger partial charge in [0.05, 0.1) is 12.4 Å². The molecular formula is C19H26N6OS. The number of anilines is 2. The molecule has 0 saturated carbocycles. The van der Waals surface area contributed by atoms with Crippen LogP contribution in [0.3, 0.4) is 0 Å². The van der Waals surface area contributed by atoms with Crippen LogP contribution in [0, 0.1) is 6.92 Å². The summed E-state index contributed by atoms with van der Waals surface area (Å²) in [7, 11) is 0. The molecule has 0 unspecified atom stereocenters. The lowest BCUT2D eigenvalue weighted by atomic mass is 10.1. The first-order chi connectivity index (χ1) is 13.2. The third-order valence-corrected chi connectivity index (χ3v) is 6.20. The van der Waals surface area contributed by atoms with Crippen molar-refractivity contribution in [3.63, 3.8) is 0 Å². The highest BCUT2D eigenvalue weighted by molar-refractivity contribution is 7.16. The van der Waals surface area contributed by atoms with Crippen LogP contribution >= 0.6 is 11.3 Å². The number of likely N-dealkylation sites (tertiary alicyclic amines) is 1. The summed E-state index contributed by atoms with van der Waals surface area (Å²) in [5.41, 5.74) is 1.74. The summed E-state index contributed by atoms with van der Waals surface area (Å²) >= 11 is 1.74. The molecule has 0 spiro atoms. The smallest absolute Gasteiger partial charge is 0.222 e. The largest absolute Gasteiger partial charge is 0.367 e. The normalized spacial score (nSPS) is 17.6. The van der Waals surface area contributed by atoms with E-state index in [0.29, 0.717) is 19.5 Å². The molecule has 1 N–H and O–H groups in total. The Labute approximate surface area is 163 Å². The molecule has 2 aliphatic rings. The van der Waals surface area contributed by atoms with Gasteiger partial charge in [-0.25, -0.2) is 15.0 Å². The first-order valence-electron chi connectivity index (χ1n) is 9.77. The van der Waals surface area contributed by atoms with Gasteiger partial charge in [-0.2, -0.15) is 0 Å². The number of nitrogens with one attached hydrogen (secondary N) is 1. The van der Waals surface area contributed by atoms with Gasteiger partial charge < -0.3 is 15.1 Å². The number of carbonyl (C=O) groups is 1. The molecule has 1 amide bonds. The Morgan fingerprint density at radius 3 is 2.67 bits per heavy atom. The molecule has 27 heavy (non-hydrogen) atoms. The first-order valence-corrected chi connectivity index (χ1v) is 10.6. The summed E-state index contributed by atoms with van der Waals surface area (Å²) in [6.07, 6.45) is 9.00. The van der Waals surface area contributed by atoms with Gasteiger partial charge in [-0.05, 0) is 32.6 Å². The number of hydrogen-bond donors (Lipinski definition) is 1. The average molecular weight is 387 g/mol. The maximum Gasteiger partial charge on any atom is 0.222 e. The number of aromatic nitrogens is 3. The molecule has 0 bridgehead atoms. The van der Waals surface area contributed by atoms with E-state index in [0.717, 1.165) is 48.4 Å². The fraction of sp³-hybridized carbons (Fsp3) is 0.579. The van der Waals surface area contributed by atoms with Gasteiger partial charge in [0.25, 0.3) is 0 Å². The molecule has 0 aliphatic carbocycles. The van der Waals surface area contributed by atoms with E-state index >= 15 is 0 Å². The zero-order chi connectivity index (χ0) is 18.6. The van der Waals surface area contributed by atoms with Gasteiger partial charge in [-0.1, -0.05) is 0 Å². The van der Waals surface area contributed by atoms with Crippen LogP contribution in [0.25, 0.3) is 11.4 Å². The molecule has 2 aromatic heterocycles. The SMILES string of the molecule is Cc1sc(N2CCCCC2)nc1-c1cnc(NCCN2CCCC2=O)cn1. The number of piperidine rings is 1. The zero-order valence-electron chi connectivity index (χ0n) is 15.8. The monoisotopic (exact) mass is 386 g/mol. The lowest BCUT2D eigenvalue weighted by molar-refractivity contribution is -0.127. The summed E-state index contributed by atoms with van der Waals surface area (Å²) in [4.78, 5) is 30.9. The van der Waals surface area contributed by atoms with Crippen molar-refractivity contribution >= 4 is 28.2 Å². The van der Waals surface area contributed by atoms with Crippen molar-refractivity contribution < 1.29 is 4.79 Å². The highest BCUT2D eigenvalue weighted by Gasteiger charge is 2.20. The van der Waals surface area contributed by atoms with Crippen LogP contribution in [-0.2, 0) is 4.79 Å². The summed E-state index contributed by atoms with van der Waals surface area (Å²) in [5.74, 6) is 0.983. The van der Waals surface area contributed by atoms with Crippen molar-refractivity contribution in [1.29, 1.82) is 0 Å². The highest BCUT2D eigenvalue weighted by atomic mass is 32.1. The van der Waals surface area contributed by atoms with Crippen molar-refractivity contribution in [2.24, 2.45) is 0 Å². The van der Waals surface area contributed by atoms with Gasteiger partial charge in [0, 0.05) is 44.0 Å². The predicted molar refractivity (Wildman–Crippen MR) is 108 cm³/mol. The Bertz CT molecular complexity index is 784. The third kappa shape index (κ3) is 4.21. The summed E-state index contributed by atoms with van der Waals surface area (Å²) in [6, 6.07) is 0. The Morgan fingerprint density at radius 1 is 1.11 bits per heavy atom. The van der Waals surface area contributed by atoms with Crippen molar-refractivity contribution in [2.45, 2.75) is 39.0 Å². The van der Waals surface area contributed by atoms with E-state index in [2.05, 4.69) is 27.1 Å². The van der Waals surface area contributed by atoms with Crippen molar-refractivity contribution in [2.75, 3.05) is 42.9 Å². The maximum atomic E-state index is 11.6. The molecule has 4 rings (SSSR count). The standard InChI is InChI=1S/C19H26N6OS/c1-14-18(23-19(27-14)25-8-3-2-4-9-25)15-12-22-16(13-21-15)20-7-11-24-10-5-6-17(24)26/h12-13H,2-11H2,1H3,(H,20,22). The predicted octanol–water partition coefficient (Wildman–Crippen LogP) is 2.93. The molecule has 0 aromatic carbocycles. The molecule has 0 atom stereocenters. The number of hydrogen-bond acceptors (Lipinski definition) is 7. The minimum absolute atomic E-state index is 0.252. The van der Waals surface area contributed by atoms with Gasteiger partial charge >= 0.3 is 0 Å². The lowest BCUT2D eigenvalue weighted by Crippen LogP contribution is -2.30. The molecule has 144 valence electrons. The first kappa shape index (κ1) is 18.2. The molecule has 7 nitrogen and oxygen atoms in total. The summed E-state index contributed by atoms with van der Waals surface area (Å²) in [6.45, 7) is 6.57. The van der Waals surface area contributed by atoms with Crippen LogP contribution in [0.5, 0.6) is 0 Å². The van der Waals surface area contributed by atoms with Crippen LogP contribution in [-0.4, -0.2) is 58.5 Å². The molecule has 2 fully saturated rings. The van der Waals surface area contributed by atoms with E-state index in [1.54, 1.807) is 23.7 Å². The zero-order valence-corrected chi connectivity index (χ0v) is 16.6. The van der Waals surface area contributed by atoms with Crippen LogP contribution in [0.15, 0.2) is 12.4 Å². The van der Waals surface area contributed by atoms with E-state index in [4.69, 9.17) is 4.98 Å². The van der Waals surface area contributed by atoms with Crippen molar-refractivity contribution in [3.8, 4) is 11.4 Å². The van der Waals surface area contributed by atoms with Crippen LogP contribution in [0.1, 0.15) is 37.0 Å². The minimum atomic E-state index is 0.252. The topological polar surface area (TPSA) is 74.2 Å². The highest BCUT2D eigenvalue weighted by Crippen LogP contribution is 2.32. The fourth-order valence-electron chi connectivity index (χ4n) is 3.64. The number of aryl methyl sites for hydroxylation is 1. The second-order valence-electron chi connectivity index (χ2n) is 7.15. The van der Waals surface area contributed by atoms with Crippen molar-refractivity contribution in [3.05, 3.63) is 17.3 Å². The van der Waals surface area contributed by atoms with Gasteiger partial charge in [-0.3, -0.25) is 4.79 Å². The van der Waals surface area contributed by atoms with Gasteiger partial charge in [0.1, 0.15) is 17.2 Å². The number of nitrogens with zero attached hydrogens (tertiary/aromatic N) is 5. The number of amides is 1. The second kappa shape index (κ2) is 8.21. The van der Waals surface area contributed by atoms with Crippen LogP contribution in [0.2, 0.25) is 0 Å². The van der Waals surface area contributed by atoms with Gasteiger partial charge in [-0.15, -0.1) is 11.3 Å². The fourth-order valence-corrected chi connectivity index (χ4v) is 4.61. The maximum absolute atomic E-state index is 11.6. The second-order valence-corrected chi connectivity index (χ2v) is 8.33. The number of carbonyl (C=O) groups excluding carboxylic acids is 1. The van der Waals surface area contributed by atoms with E-state index < -0.39 is 0 Å². The van der Waals surface area contributed by atoms with Crippen molar-refractivity contribution in [1.82, 2.24) is 19.9 Å². The van der Waals surface area contributed by atoms with Gasteiger partial charge in [0.2, 0.25) is 5.91 Å². The average Bonchev–Trinajstić information content (AvgIpc) is 3.29. The Balaban J connectivity index is 1.37. The minimum Gasteiger partial charge on any atom is -0.367 e. The Hall–Kier alpha value is -2.22. The number of rotatable bonds is 6. The molecule has 2 aromatic rings. The van der Waals surface area contributed by atoms with E-state index in [-0.39, 0.29) is 5.91 Å². The molecule has 4 heterocycles. The van der Waals surface area contributed by atoms with Crippen LogP contribution in [0.4, 0.5) is 10.9 Å². The molecule has 2 aliphatic heterocycles. The van der Waals surface area contributed by atoms with Gasteiger partial charge in [0.15, 0.2) is 5.13 Å². The Morgan fingerprint density at radius 2 is 1.96 bits per heavy atom. The third-order valence-electron chi connectivity index (χ3n) is 5.17. The molecule has 0 radical (unpaired) electrons. The summed E-state index contributed by atoms with van der Waals surface area (Å²) in [5, 5.41) is 4.35. The molecular weight excluding hydrogens is 360 g/mol. The quantitative estimate of drug-likeness (QED) is 0.823. The Kier molecular flexibility index (Phi) is 5.52. The molecule has 8 heteroatoms.